The fraction of sp³-hybridized carbons (Fsp3) is 0.667. The van der Waals surface area contributed by atoms with Gasteiger partial charge in [0.1, 0.15) is 0 Å². The monoisotopic (exact) mass is 344 g/mol. The SMILES string of the molecule is CCCCCC[C@H]1CC[C@H](CCc2ccc(CC/C=C/F)cc2)CC1. The Morgan fingerprint density at radius 1 is 0.840 bits per heavy atom. The first-order valence-corrected chi connectivity index (χ1v) is 10.6. The number of rotatable bonds is 11. The fourth-order valence-corrected chi connectivity index (χ4v) is 4.23. The van der Waals surface area contributed by atoms with Gasteiger partial charge in [0, 0.05) is 0 Å². The van der Waals surface area contributed by atoms with Gasteiger partial charge in [0.2, 0.25) is 0 Å². The van der Waals surface area contributed by atoms with Crippen molar-refractivity contribution < 1.29 is 4.39 Å². The van der Waals surface area contributed by atoms with E-state index < -0.39 is 0 Å². The average Bonchev–Trinajstić information content (AvgIpc) is 2.66. The summed E-state index contributed by atoms with van der Waals surface area (Å²) in [5, 5.41) is 0. The smallest absolute Gasteiger partial charge is 0.0827 e. The van der Waals surface area contributed by atoms with Crippen LogP contribution in [0.25, 0.3) is 0 Å². The van der Waals surface area contributed by atoms with Crippen LogP contribution in [0.5, 0.6) is 0 Å². The summed E-state index contributed by atoms with van der Waals surface area (Å²) in [7, 11) is 0. The molecule has 0 radical (unpaired) electrons. The lowest BCUT2D eigenvalue weighted by molar-refractivity contribution is 0.249. The van der Waals surface area contributed by atoms with Crippen molar-refractivity contribution in [1.29, 1.82) is 0 Å². The van der Waals surface area contributed by atoms with E-state index in [4.69, 9.17) is 0 Å². The van der Waals surface area contributed by atoms with Gasteiger partial charge in [-0.25, -0.2) is 4.39 Å². The normalized spacial score (nSPS) is 21.0. The van der Waals surface area contributed by atoms with Gasteiger partial charge < -0.3 is 0 Å². The van der Waals surface area contributed by atoms with Crippen LogP contribution in [0.1, 0.15) is 88.7 Å². The molecule has 0 amide bonds. The number of unbranched alkanes of at least 4 members (excludes halogenated alkanes) is 3. The molecule has 0 aliphatic heterocycles. The molecule has 25 heavy (non-hydrogen) atoms. The van der Waals surface area contributed by atoms with E-state index >= 15 is 0 Å². The van der Waals surface area contributed by atoms with Crippen molar-refractivity contribution in [3.05, 3.63) is 47.8 Å². The summed E-state index contributed by atoms with van der Waals surface area (Å²) >= 11 is 0. The molecule has 1 aromatic rings. The van der Waals surface area contributed by atoms with Crippen molar-refractivity contribution in [2.75, 3.05) is 0 Å². The molecule has 2 rings (SSSR count). The van der Waals surface area contributed by atoms with Gasteiger partial charge in [0.15, 0.2) is 0 Å². The molecule has 0 saturated heterocycles. The predicted octanol–water partition coefficient (Wildman–Crippen LogP) is 7.81. The Labute approximate surface area is 154 Å². The Balaban J connectivity index is 1.60. The van der Waals surface area contributed by atoms with Crippen molar-refractivity contribution in [2.45, 2.75) is 90.4 Å². The molecule has 0 unspecified atom stereocenters. The minimum atomic E-state index is 0.647. The van der Waals surface area contributed by atoms with Crippen LogP contribution in [0.3, 0.4) is 0 Å². The molecular formula is C24H37F. The summed E-state index contributed by atoms with van der Waals surface area (Å²) in [6.07, 6.45) is 19.5. The Hall–Kier alpha value is -1.11. The van der Waals surface area contributed by atoms with Crippen LogP contribution in [-0.4, -0.2) is 0 Å². The maximum absolute atomic E-state index is 12.0. The van der Waals surface area contributed by atoms with Gasteiger partial charge >= 0.3 is 0 Å². The van der Waals surface area contributed by atoms with E-state index in [9.17, 15) is 4.39 Å². The first-order chi connectivity index (χ1) is 12.3. The Morgan fingerprint density at radius 3 is 2.04 bits per heavy atom. The average molecular weight is 345 g/mol. The lowest BCUT2D eigenvalue weighted by atomic mass is 9.77. The van der Waals surface area contributed by atoms with Crippen LogP contribution < -0.4 is 0 Å². The lowest BCUT2D eigenvalue weighted by Gasteiger charge is -2.28. The van der Waals surface area contributed by atoms with E-state index in [1.165, 1.54) is 81.8 Å². The lowest BCUT2D eigenvalue weighted by Crippen LogP contribution is -2.15. The predicted molar refractivity (Wildman–Crippen MR) is 108 cm³/mol. The zero-order chi connectivity index (χ0) is 17.7. The van der Waals surface area contributed by atoms with Crippen LogP contribution in [0.15, 0.2) is 36.7 Å². The molecule has 1 aliphatic rings. The van der Waals surface area contributed by atoms with Gasteiger partial charge in [-0.2, -0.15) is 0 Å². The molecule has 1 fully saturated rings. The Bertz CT molecular complexity index is 465. The highest BCUT2D eigenvalue weighted by atomic mass is 19.1. The van der Waals surface area contributed by atoms with Crippen LogP contribution >= 0.6 is 0 Å². The first kappa shape index (κ1) is 20.2. The summed E-state index contributed by atoms with van der Waals surface area (Å²) in [5.74, 6) is 1.96. The van der Waals surface area contributed by atoms with Gasteiger partial charge in [-0.05, 0) is 48.6 Å². The van der Waals surface area contributed by atoms with Gasteiger partial charge in [0.05, 0.1) is 6.33 Å². The number of hydrogen-bond donors (Lipinski definition) is 0. The van der Waals surface area contributed by atoms with Crippen molar-refractivity contribution in [1.82, 2.24) is 0 Å². The van der Waals surface area contributed by atoms with Crippen LogP contribution in [0.4, 0.5) is 4.39 Å². The van der Waals surface area contributed by atoms with Crippen LogP contribution in [0.2, 0.25) is 0 Å². The highest BCUT2D eigenvalue weighted by Crippen LogP contribution is 2.34. The summed E-state index contributed by atoms with van der Waals surface area (Å²) in [6, 6.07) is 8.98. The second kappa shape index (κ2) is 12.3. The van der Waals surface area contributed by atoms with Gasteiger partial charge in [-0.1, -0.05) is 95.1 Å². The second-order valence-corrected chi connectivity index (χ2v) is 7.99. The third-order valence-corrected chi connectivity index (χ3v) is 5.99. The number of aryl methyl sites for hydroxylation is 2. The van der Waals surface area contributed by atoms with E-state index in [1.54, 1.807) is 6.08 Å². The molecule has 140 valence electrons. The minimum absolute atomic E-state index is 0.647. The van der Waals surface area contributed by atoms with Crippen LogP contribution in [-0.2, 0) is 12.8 Å². The zero-order valence-corrected chi connectivity index (χ0v) is 16.2. The van der Waals surface area contributed by atoms with Crippen LogP contribution in [0, 0.1) is 11.8 Å². The van der Waals surface area contributed by atoms with E-state index in [2.05, 4.69) is 31.2 Å². The second-order valence-electron chi connectivity index (χ2n) is 7.99. The van der Waals surface area contributed by atoms with Gasteiger partial charge in [-0.3, -0.25) is 0 Å². The molecule has 1 aliphatic carbocycles. The molecule has 0 spiro atoms. The molecule has 0 heterocycles. The summed E-state index contributed by atoms with van der Waals surface area (Å²) in [4.78, 5) is 0. The quantitative estimate of drug-likeness (QED) is 0.359. The van der Waals surface area contributed by atoms with E-state index in [-0.39, 0.29) is 0 Å². The number of allylic oxidation sites excluding steroid dienone is 1. The molecule has 1 saturated carbocycles. The standard InChI is InChI=1S/C24H37F/c1-2-3-4-5-8-21-10-14-23(15-11-21)18-19-24-16-12-22(13-17-24)9-6-7-20-25/h7,12-13,16-17,20-21,23H,2-6,8-11,14-15,18-19H2,1H3/b20-7+/t21-,23-. The summed E-state index contributed by atoms with van der Waals surface area (Å²) in [5.41, 5.74) is 2.77. The first-order valence-electron chi connectivity index (χ1n) is 10.6. The number of halogens is 1. The third kappa shape index (κ3) is 8.21. The fourth-order valence-electron chi connectivity index (χ4n) is 4.23. The van der Waals surface area contributed by atoms with E-state index in [0.29, 0.717) is 6.33 Å². The molecule has 1 heteroatoms. The highest BCUT2D eigenvalue weighted by molar-refractivity contribution is 5.23. The van der Waals surface area contributed by atoms with E-state index in [0.717, 1.165) is 24.7 Å². The molecule has 0 N–H and O–H groups in total. The summed E-state index contributed by atoms with van der Waals surface area (Å²) < 4.78 is 12.0. The van der Waals surface area contributed by atoms with Gasteiger partial charge in [-0.15, -0.1) is 0 Å². The van der Waals surface area contributed by atoms with E-state index in [1.807, 2.05) is 0 Å². The van der Waals surface area contributed by atoms with Crippen molar-refractivity contribution >= 4 is 0 Å². The third-order valence-electron chi connectivity index (χ3n) is 5.99. The van der Waals surface area contributed by atoms with Gasteiger partial charge in [0.25, 0.3) is 0 Å². The largest absolute Gasteiger partial charge is 0.216 e. The maximum Gasteiger partial charge on any atom is 0.0827 e. The Kier molecular flexibility index (Phi) is 9.92. The number of benzene rings is 1. The topological polar surface area (TPSA) is 0 Å². The minimum Gasteiger partial charge on any atom is -0.216 e. The molecule has 1 aromatic carbocycles. The zero-order valence-electron chi connectivity index (χ0n) is 16.2. The Morgan fingerprint density at radius 2 is 1.44 bits per heavy atom. The highest BCUT2D eigenvalue weighted by Gasteiger charge is 2.20. The number of hydrogen-bond acceptors (Lipinski definition) is 0. The van der Waals surface area contributed by atoms with Crippen molar-refractivity contribution in [3.63, 3.8) is 0 Å². The molecule has 0 atom stereocenters. The maximum atomic E-state index is 12.0. The van der Waals surface area contributed by atoms with Crippen molar-refractivity contribution in [3.8, 4) is 0 Å². The van der Waals surface area contributed by atoms with Crippen molar-refractivity contribution in [2.24, 2.45) is 11.8 Å². The molecule has 0 nitrogen and oxygen atoms in total. The molecular weight excluding hydrogens is 307 g/mol. The molecule has 0 bridgehead atoms. The summed E-state index contributed by atoms with van der Waals surface area (Å²) in [6.45, 7) is 2.29. The molecule has 0 aromatic heterocycles.